The first-order valence-corrected chi connectivity index (χ1v) is 8.99. The fourth-order valence-corrected chi connectivity index (χ4v) is 4.18. The number of nitrogens with zero attached hydrogens (tertiary/aromatic N) is 1. The first kappa shape index (κ1) is 15.9. The summed E-state index contributed by atoms with van der Waals surface area (Å²) in [5.74, 6) is 0.782. The van der Waals surface area contributed by atoms with Crippen molar-refractivity contribution in [3.8, 4) is 17.0 Å². The average Bonchev–Trinajstić information content (AvgIpc) is 3.01. The Morgan fingerprint density at radius 1 is 1.04 bits per heavy atom. The third-order valence-electron chi connectivity index (χ3n) is 4.11. The zero-order valence-corrected chi connectivity index (χ0v) is 14.4. The lowest BCUT2D eigenvalue weighted by Crippen LogP contribution is -2.01. The lowest BCUT2D eigenvalue weighted by atomic mass is 10.1. The molecule has 0 aliphatic carbocycles. The fourth-order valence-electron chi connectivity index (χ4n) is 2.93. The molecule has 2 aromatic heterocycles. The van der Waals surface area contributed by atoms with E-state index in [0.29, 0.717) is 18.7 Å². The Hall–Kier alpha value is -2.63. The summed E-state index contributed by atoms with van der Waals surface area (Å²) in [4.78, 5) is 4.51. The summed E-state index contributed by atoms with van der Waals surface area (Å²) in [6.45, 7) is 0.579. The minimum Gasteiger partial charge on any atom is -0.493 e. The van der Waals surface area contributed by atoms with Crippen LogP contribution in [-0.4, -0.2) is 23.3 Å². The summed E-state index contributed by atoms with van der Waals surface area (Å²) in [6, 6.07) is 16.3. The van der Waals surface area contributed by atoms with Gasteiger partial charge in [-0.2, -0.15) is 0 Å². The maximum absolute atomic E-state index is 9.02. The number of rotatable bonds is 5. The van der Waals surface area contributed by atoms with E-state index in [1.165, 1.54) is 15.5 Å². The molecular formula is C20H18N2O2S. The zero-order chi connectivity index (χ0) is 17.2. The number of aliphatic hydroxyl groups is 1. The van der Waals surface area contributed by atoms with Gasteiger partial charge in [-0.05, 0) is 30.3 Å². The van der Waals surface area contributed by atoms with E-state index in [1.54, 1.807) is 17.5 Å². The summed E-state index contributed by atoms with van der Waals surface area (Å²) in [5.41, 5.74) is 8.25. The number of ether oxygens (including phenoxy) is 1. The van der Waals surface area contributed by atoms with Crippen molar-refractivity contribution in [1.82, 2.24) is 4.98 Å². The van der Waals surface area contributed by atoms with Gasteiger partial charge in [0, 0.05) is 33.2 Å². The van der Waals surface area contributed by atoms with E-state index in [9.17, 15) is 0 Å². The first-order valence-electron chi connectivity index (χ1n) is 8.18. The Labute approximate surface area is 149 Å². The van der Waals surface area contributed by atoms with Crippen LogP contribution in [0.5, 0.6) is 5.75 Å². The highest BCUT2D eigenvalue weighted by atomic mass is 32.1. The van der Waals surface area contributed by atoms with Gasteiger partial charge in [0.1, 0.15) is 5.75 Å². The predicted molar refractivity (Wildman–Crippen MR) is 104 cm³/mol. The minimum atomic E-state index is 0.112. The maximum Gasteiger partial charge on any atom is 0.130 e. The average molecular weight is 350 g/mol. The van der Waals surface area contributed by atoms with Crippen molar-refractivity contribution in [2.75, 3.05) is 18.9 Å². The number of hydrogen-bond donors (Lipinski definition) is 2. The third-order valence-corrected chi connectivity index (χ3v) is 5.32. The Morgan fingerprint density at radius 3 is 2.72 bits per heavy atom. The van der Waals surface area contributed by atoms with E-state index in [1.807, 2.05) is 18.2 Å². The second-order valence-corrected chi connectivity index (χ2v) is 6.87. The summed E-state index contributed by atoms with van der Waals surface area (Å²) in [6.07, 6.45) is 2.26. The van der Waals surface area contributed by atoms with E-state index in [2.05, 4.69) is 35.3 Å². The summed E-state index contributed by atoms with van der Waals surface area (Å²) in [7, 11) is 0. The van der Waals surface area contributed by atoms with Crippen molar-refractivity contribution in [2.45, 2.75) is 6.42 Å². The molecule has 0 spiro atoms. The number of pyridine rings is 1. The van der Waals surface area contributed by atoms with Gasteiger partial charge in [0.15, 0.2) is 0 Å². The van der Waals surface area contributed by atoms with Gasteiger partial charge in [-0.25, -0.2) is 0 Å². The molecule has 2 heterocycles. The molecule has 0 aliphatic rings. The van der Waals surface area contributed by atoms with Crippen LogP contribution < -0.4 is 10.5 Å². The first-order chi connectivity index (χ1) is 12.3. The standard InChI is InChI=1S/C20H18N2O2S/c21-13-6-8-16(22-12-13)19-17(24-11-3-10-23)9-7-15-14-4-1-2-5-18(14)25-20(15)19/h1-2,4-9,12,23H,3,10-11,21H2. The molecule has 0 aliphatic heterocycles. The molecule has 0 atom stereocenters. The highest BCUT2D eigenvalue weighted by Gasteiger charge is 2.16. The second-order valence-electron chi connectivity index (χ2n) is 5.82. The van der Waals surface area contributed by atoms with E-state index in [-0.39, 0.29) is 6.61 Å². The van der Waals surface area contributed by atoms with Crippen LogP contribution in [-0.2, 0) is 0 Å². The van der Waals surface area contributed by atoms with E-state index < -0.39 is 0 Å². The van der Waals surface area contributed by atoms with Gasteiger partial charge in [0.25, 0.3) is 0 Å². The fraction of sp³-hybridized carbons (Fsp3) is 0.150. The lowest BCUT2D eigenvalue weighted by molar-refractivity contribution is 0.234. The molecule has 4 nitrogen and oxygen atoms in total. The minimum absolute atomic E-state index is 0.112. The Kier molecular flexibility index (Phi) is 4.26. The molecule has 0 saturated carbocycles. The van der Waals surface area contributed by atoms with Crippen LogP contribution in [0.25, 0.3) is 31.4 Å². The molecule has 0 radical (unpaired) electrons. The molecule has 2 aromatic carbocycles. The highest BCUT2D eigenvalue weighted by molar-refractivity contribution is 7.26. The molecule has 4 aromatic rings. The van der Waals surface area contributed by atoms with Gasteiger partial charge in [-0.15, -0.1) is 11.3 Å². The van der Waals surface area contributed by atoms with Crippen molar-refractivity contribution < 1.29 is 9.84 Å². The smallest absolute Gasteiger partial charge is 0.130 e. The molecule has 3 N–H and O–H groups in total. The van der Waals surface area contributed by atoms with Gasteiger partial charge in [0.2, 0.25) is 0 Å². The maximum atomic E-state index is 9.02. The van der Waals surface area contributed by atoms with E-state index >= 15 is 0 Å². The van der Waals surface area contributed by atoms with Crippen LogP contribution in [0.3, 0.4) is 0 Å². The monoisotopic (exact) mass is 350 g/mol. The number of hydrogen-bond acceptors (Lipinski definition) is 5. The molecule has 5 heteroatoms. The quantitative estimate of drug-likeness (QED) is 0.522. The second kappa shape index (κ2) is 6.70. The topological polar surface area (TPSA) is 68.4 Å². The van der Waals surface area contributed by atoms with Gasteiger partial charge in [-0.3, -0.25) is 4.98 Å². The van der Waals surface area contributed by atoms with E-state index in [0.717, 1.165) is 21.7 Å². The van der Waals surface area contributed by atoms with Crippen molar-refractivity contribution in [3.63, 3.8) is 0 Å². The molecular weight excluding hydrogens is 332 g/mol. The number of anilines is 1. The predicted octanol–water partition coefficient (Wildman–Crippen LogP) is 4.46. The van der Waals surface area contributed by atoms with Crippen LogP contribution >= 0.6 is 11.3 Å². The molecule has 0 saturated heterocycles. The molecule has 0 bridgehead atoms. The highest BCUT2D eigenvalue weighted by Crippen LogP contribution is 2.44. The number of benzene rings is 2. The molecule has 0 amide bonds. The lowest BCUT2D eigenvalue weighted by Gasteiger charge is -2.12. The van der Waals surface area contributed by atoms with Crippen molar-refractivity contribution in [2.24, 2.45) is 0 Å². The number of aliphatic hydroxyl groups excluding tert-OH is 1. The number of nitrogens with two attached hydrogens (primary N) is 1. The zero-order valence-electron chi connectivity index (χ0n) is 13.6. The summed E-state index contributed by atoms with van der Waals surface area (Å²) in [5, 5.41) is 11.5. The van der Waals surface area contributed by atoms with Gasteiger partial charge in [0.05, 0.1) is 29.7 Å². The molecule has 4 rings (SSSR count). The number of nitrogen functional groups attached to an aromatic ring is 1. The molecule has 0 unspecified atom stereocenters. The molecule has 0 fully saturated rings. The number of fused-ring (bicyclic) bond motifs is 3. The van der Waals surface area contributed by atoms with Gasteiger partial charge in [-0.1, -0.05) is 18.2 Å². The SMILES string of the molecule is Nc1ccc(-c2c(OCCCO)ccc3c2sc2ccccc23)nc1. The number of thiophene rings is 1. The number of aromatic nitrogens is 1. The molecule has 25 heavy (non-hydrogen) atoms. The Balaban J connectivity index is 1.95. The van der Waals surface area contributed by atoms with Crippen molar-refractivity contribution in [3.05, 3.63) is 54.7 Å². The largest absolute Gasteiger partial charge is 0.493 e. The Bertz CT molecular complexity index is 1030. The van der Waals surface area contributed by atoms with E-state index in [4.69, 9.17) is 15.6 Å². The normalized spacial score (nSPS) is 11.2. The summed E-state index contributed by atoms with van der Waals surface area (Å²) < 4.78 is 8.33. The molecule has 126 valence electrons. The van der Waals surface area contributed by atoms with Crippen LogP contribution in [0.4, 0.5) is 5.69 Å². The van der Waals surface area contributed by atoms with Crippen LogP contribution in [0.15, 0.2) is 54.7 Å². The summed E-state index contributed by atoms with van der Waals surface area (Å²) >= 11 is 1.74. The van der Waals surface area contributed by atoms with Crippen LogP contribution in [0.1, 0.15) is 6.42 Å². The van der Waals surface area contributed by atoms with Crippen LogP contribution in [0, 0.1) is 0 Å². The van der Waals surface area contributed by atoms with Gasteiger partial charge < -0.3 is 15.6 Å². The Morgan fingerprint density at radius 2 is 1.92 bits per heavy atom. The van der Waals surface area contributed by atoms with Crippen LogP contribution in [0.2, 0.25) is 0 Å². The third kappa shape index (κ3) is 2.92. The van der Waals surface area contributed by atoms with Gasteiger partial charge >= 0.3 is 0 Å². The van der Waals surface area contributed by atoms with Crippen molar-refractivity contribution >= 4 is 37.2 Å². The van der Waals surface area contributed by atoms with Crippen molar-refractivity contribution in [1.29, 1.82) is 0 Å².